The number of hydrogen-bond acceptors (Lipinski definition) is 4. The van der Waals surface area contributed by atoms with Gasteiger partial charge in [0, 0.05) is 4.88 Å². The van der Waals surface area contributed by atoms with Crippen LogP contribution in [-0.4, -0.2) is 14.4 Å². The highest BCUT2D eigenvalue weighted by molar-refractivity contribution is 7.93. The zero-order valence-corrected chi connectivity index (χ0v) is 13.3. The summed E-state index contributed by atoms with van der Waals surface area (Å²) in [5.41, 5.74) is 5.53. The predicted octanol–water partition coefficient (Wildman–Crippen LogP) is 3.15. The summed E-state index contributed by atoms with van der Waals surface area (Å²) in [7, 11) is -4.02. The number of para-hydroxylation sites is 1. The van der Waals surface area contributed by atoms with Gasteiger partial charge in [-0.3, -0.25) is 0 Å². The maximum Gasteiger partial charge on any atom is 0.333 e. The zero-order valence-electron chi connectivity index (χ0n) is 11.7. The molecule has 0 saturated heterocycles. The van der Waals surface area contributed by atoms with Crippen LogP contribution in [0.5, 0.6) is 0 Å². The Morgan fingerprint density at radius 3 is 2.33 bits per heavy atom. The average molecular weight is 324 g/mol. The van der Waals surface area contributed by atoms with Crippen LogP contribution >= 0.6 is 11.3 Å². The summed E-state index contributed by atoms with van der Waals surface area (Å²) in [5.74, 6) is 0.0419. The van der Waals surface area contributed by atoms with Crippen molar-refractivity contribution in [1.29, 1.82) is 0 Å². The first kappa shape index (κ1) is 15.5. The van der Waals surface area contributed by atoms with Crippen LogP contribution in [0, 0.1) is 0 Å². The molecule has 5 nitrogen and oxygen atoms in total. The Kier molecular flexibility index (Phi) is 4.34. The molecule has 1 aromatic heterocycles. The van der Waals surface area contributed by atoms with Crippen LogP contribution in [-0.2, 0) is 10.0 Å². The van der Waals surface area contributed by atoms with E-state index in [0.717, 1.165) is 0 Å². The molecule has 0 atom stereocenters. The Balaban J connectivity index is 2.59. The number of rotatable bonds is 4. The van der Waals surface area contributed by atoms with Crippen molar-refractivity contribution in [2.75, 3.05) is 4.31 Å². The molecule has 2 amide bonds. The second-order valence-corrected chi connectivity index (χ2v) is 7.45. The van der Waals surface area contributed by atoms with Crippen LogP contribution in [0.25, 0.3) is 0 Å². The number of urea groups is 1. The number of anilines is 1. The molecule has 112 valence electrons. The Morgan fingerprint density at radius 1 is 1.19 bits per heavy atom. The van der Waals surface area contributed by atoms with E-state index in [4.69, 9.17) is 5.73 Å². The minimum atomic E-state index is -4.02. The summed E-state index contributed by atoms with van der Waals surface area (Å²) in [6.45, 7) is 3.81. The molecule has 0 spiro atoms. The van der Waals surface area contributed by atoms with Crippen LogP contribution in [0.4, 0.5) is 10.5 Å². The van der Waals surface area contributed by atoms with Crippen LogP contribution in [0.3, 0.4) is 0 Å². The molecule has 0 saturated carbocycles. The lowest BCUT2D eigenvalue weighted by molar-refractivity contribution is 0.257. The third-order valence-electron chi connectivity index (χ3n) is 2.89. The van der Waals surface area contributed by atoms with Gasteiger partial charge in [-0.2, -0.15) is 4.31 Å². The highest BCUT2D eigenvalue weighted by Gasteiger charge is 2.32. The Bertz CT molecular complexity index is 737. The van der Waals surface area contributed by atoms with Crippen molar-refractivity contribution in [3.63, 3.8) is 0 Å². The molecule has 2 aromatic rings. The van der Waals surface area contributed by atoms with Gasteiger partial charge in [0.15, 0.2) is 0 Å². The molecule has 2 rings (SSSR count). The van der Waals surface area contributed by atoms with Crippen molar-refractivity contribution >= 4 is 33.1 Å². The first-order chi connectivity index (χ1) is 9.85. The van der Waals surface area contributed by atoms with Crippen molar-refractivity contribution in [2.45, 2.75) is 24.7 Å². The summed E-state index contributed by atoms with van der Waals surface area (Å²) in [6, 6.07) is 8.58. The van der Waals surface area contributed by atoms with E-state index in [1.807, 2.05) is 13.8 Å². The first-order valence-electron chi connectivity index (χ1n) is 6.33. The van der Waals surface area contributed by atoms with Gasteiger partial charge in [0.2, 0.25) is 0 Å². The van der Waals surface area contributed by atoms with Gasteiger partial charge < -0.3 is 5.73 Å². The molecule has 1 heterocycles. The fourth-order valence-corrected chi connectivity index (χ4v) is 4.91. The van der Waals surface area contributed by atoms with Gasteiger partial charge in [-0.05, 0) is 29.5 Å². The molecule has 1 aromatic carbocycles. The predicted molar refractivity (Wildman–Crippen MR) is 84.1 cm³/mol. The summed E-state index contributed by atoms with van der Waals surface area (Å²) in [4.78, 5) is 12.5. The van der Waals surface area contributed by atoms with Gasteiger partial charge in [0.1, 0.15) is 4.90 Å². The van der Waals surface area contributed by atoms with Crippen molar-refractivity contribution in [3.05, 3.63) is 46.7 Å². The normalized spacial score (nSPS) is 11.6. The molecule has 0 radical (unpaired) electrons. The van der Waals surface area contributed by atoms with Crippen molar-refractivity contribution in [2.24, 2.45) is 5.73 Å². The highest BCUT2D eigenvalue weighted by Crippen LogP contribution is 2.33. The molecule has 0 aliphatic rings. The van der Waals surface area contributed by atoms with Gasteiger partial charge in [0.05, 0.1) is 5.69 Å². The third-order valence-corrected chi connectivity index (χ3v) is 6.02. The minimum Gasteiger partial charge on any atom is -0.350 e. The molecule has 7 heteroatoms. The molecule has 0 bridgehead atoms. The van der Waals surface area contributed by atoms with Crippen LogP contribution in [0.15, 0.2) is 46.7 Å². The van der Waals surface area contributed by atoms with Crippen LogP contribution in [0.1, 0.15) is 24.6 Å². The maximum absolute atomic E-state index is 12.8. The SMILES string of the molecule is CC(C)c1sccc1S(=O)(=O)N(C(N)=O)c1ccccc1. The van der Waals surface area contributed by atoms with Gasteiger partial charge >= 0.3 is 6.03 Å². The van der Waals surface area contributed by atoms with E-state index < -0.39 is 16.1 Å². The molecule has 2 N–H and O–H groups in total. The molecular weight excluding hydrogens is 308 g/mol. The largest absolute Gasteiger partial charge is 0.350 e. The summed E-state index contributed by atoms with van der Waals surface area (Å²) in [6.07, 6.45) is 0. The van der Waals surface area contributed by atoms with E-state index >= 15 is 0 Å². The summed E-state index contributed by atoms with van der Waals surface area (Å²) in [5, 5.41) is 1.70. The van der Waals surface area contributed by atoms with E-state index in [9.17, 15) is 13.2 Å². The lowest BCUT2D eigenvalue weighted by atomic mass is 10.2. The Morgan fingerprint density at radius 2 is 1.81 bits per heavy atom. The molecular formula is C14H16N2O3S2. The molecule has 0 unspecified atom stereocenters. The van der Waals surface area contributed by atoms with E-state index in [0.29, 0.717) is 9.18 Å². The van der Waals surface area contributed by atoms with E-state index in [1.165, 1.54) is 29.5 Å². The standard InChI is InChI=1S/C14H16N2O3S2/c1-10(2)13-12(8-9-20-13)21(18,19)16(14(15)17)11-6-4-3-5-7-11/h3-10H,1-2H3,(H2,15,17). The Hall–Kier alpha value is -1.86. The molecule has 0 aliphatic carbocycles. The Labute approximate surface area is 128 Å². The number of nitrogens with two attached hydrogens (primary N) is 1. The molecule has 21 heavy (non-hydrogen) atoms. The summed E-state index contributed by atoms with van der Waals surface area (Å²) < 4.78 is 26.2. The number of carbonyl (C=O) groups excluding carboxylic acids is 1. The molecule has 0 aliphatic heterocycles. The monoisotopic (exact) mass is 324 g/mol. The topological polar surface area (TPSA) is 80.5 Å². The van der Waals surface area contributed by atoms with Gasteiger partial charge in [-0.25, -0.2) is 13.2 Å². The average Bonchev–Trinajstić information content (AvgIpc) is 2.89. The summed E-state index contributed by atoms with van der Waals surface area (Å²) >= 11 is 1.35. The number of benzene rings is 1. The van der Waals surface area contributed by atoms with E-state index in [1.54, 1.807) is 23.6 Å². The van der Waals surface area contributed by atoms with Gasteiger partial charge in [-0.1, -0.05) is 32.0 Å². The van der Waals surface area contributed by atoms with E-state index in [-0.39, 0.29) is 16.5 Å². The second-order valence-electron chi connectivity index (χ2n) is 4.75. The fourth-order valence-electron chi connectivity index (χ4n) is 1.99. The first-order valence-corrected chi connectivity index (χ1v) is 8.65. The number of hydrogen-bond donors (Lipinski definition) is 1. The van der Waals surface area contributed by atoms with Crippen LogP contribution in [0.2, 0.25) is 0 Å². The lowest BCUT2D eigenvalue weighted by Crippen LogP contribution is -2.41. The number of primary amides is 1. The number of sulfonamides is 1. The van der Waals surface area contributed by atoms with Crippen LogP contribution < -0.4 is 10.0 Å². The van der Waals surface area contributed by atoms with Crippen molar-refractivity contribution < 1.29 is 13.2 Å². The molecule has 0 fully saturated rings. The minimum absolute atomic E-state index is 0.0419. The number of carbonyl (C=O) groups is 1. The number of amides is 2. The lowest BCUT2D eigenvalue weighted by Gasteiger charge is -2.21. The van der Waals surface area contributed by atoms with Crippen molar-refractivity contribution in [1.82, 2.24) is 0 Å². The van der Waals surface area contributed by atoms with Crippen molar-refractivity contribution in [3.8, 4) is 0 Å². The fraction of sp³-hybridized carbons (Fsp3) is 0.214. The van der Waals surface area contributed by atoms with Gasteiger partial charge in [-0.15, -0.1) is 11.3 Å². The second kappa shape index (κ2) is 5.87. The quantitative estimate of drug-likeness (QED) is 0.938. The highest BCUT2D eigenvalue weighted by atomic mass is 32.2. The third kappa shape index (κ3) is 2.93. The smallest absolute Gasteiger partial charge is 0.333 e. The van der Waals surface area contributed by atoms with E-state index in [2.05, 4.69) is 0 Å². The number of nitrogens with zero attached hydrogens (tertiary/aromatic N) is 1. The maximum atomic E-state index is 12.8. The van der Waals surface area contributed by atoms with Gasteiger partial charge in [0.25, 0.3) is 10.0 Å². The zero-order chi connectivity index (χ0) is 15.6. The number of thiophene rings is 1.